The maximum atomic E-state index is 13.0. The smallest absolute Gasteiger partial charge is 0.255 e. The number of benzene rings is 2. The van der Waals surface area contributed by atoms with E-state index < -0.39 is 6.04 Å². The van der Waals surface area contributed by atoms with E-state index in [0.717, 1.165) is 0 Å². The lowest BCUT2D eigenvalue weighted by molar-refractivity contribution is -0.113. The number of hydrogen-bond acceptors (Lipinski definition) is 2. The number of rotatable bonds is 3. The van der Waals surface area contributed by atoms with Gasteiger partial charge in [-0.15, -0.1) is 0 Å². The zero-order chi connectivity index (χ0) is 18.8. The number of amides is 1. The zero-order valence-electron chi connectivity index (χ0n) is 13.6. The van der Waals surface area contributed by atoms with Gasteiger partial charge >= 0.3 is 0 Å². The van der Waals surface area contributed by atoms with Gasteiger partial charge in [0.05, 0.1) is 22.3 Å². The third-order valence-electron chi connectivity index (χ3n) is 3.91. The average Bonchev–Trinajstić information content (AvgIpc) is 2.56. The number of carbonyl (C=O) groups excluding carboxylic acids is 1. The highest BCUT2D eigenvalue weighted by atomic mass is 35.5. The lowest BCUT2D eigenvalue weighted by atomic mass is 9.95. The summed E-state index contributed by atoms with van der Waals surface area (Å²) in [6.07, 6.45) is 0. The Morgan fingerprint density at radius 1 is 1.12 bits per heavy atom. The van der Waals surface area contributed by atoms with Gasteiger partial charge in [0.25, 0.3) is 5.91 Å². The second kappa shape index (κ2) is 7.84. The molecular formula is C18H14Cl3N3OS. The summed E-state index contributed by atoms with van der Waals surface area (Å²) >= 11 is 23.7. The predicted molar refractivity (Wildman–Crippen MR) is 111 cm³/mol. The highest BCUT2D eigenvalue weighted by Crippen LogP contribution is 2.34. The molecule has 0 unspecified atom stereocenters. The monoisotopic (exact) mass is 425 g/mol. The molecular weight excluding hydrogens is 413 g/mol. The van der Waals surface area contributed by atoms with E-state index in [4.69, 9.17) is 47.0 Å². The zero-order valence-corrected chi connectivity index (χ0v) is 16.7. The number of hydrogen-bond donors (Lipinski definition) is 3. The average molecular weight is 427 g/mol. The fourth-order valence-electron chi connectivity index (χ4n) is 2.72. The van der Waals surface area contributed by atoms with Gasteiger partial charge in [-0.25, -0.2) is 0 Å². The lowest BCUT2D eigenvalue weighted by Gasteiger charge is -2.31. The van der Waals surface area contributed by atoms with Gasteiger partial charge in [0.15, 0.2) is 5.11 Å². The molecule has 0 saturated carbocycles. The summed E-state index contributed by atoms with van der Waals surface area (Å²) in [5.74, 6) is -0.311. The largest absolute Gasteiger partial charge is 0.351 e. The van der Waals surface area contributed by atoms with Crippen molar-refractivity contribution in [3.63, 3.8) is 0 Å². The van der Waals surface area contributed by atoms with Gasteiger partial charge in [0.1, 0.15) is 0 Å². The van der Waals surface area contributed by atoms with Crippen LogP contribution in [0.4, 0.5) is 5.69 Å². The molecule has 1 amide bonds. The molecule has 3 N–H and O–H groups in total. The van der Waals surface area contributed by atoms with Crippen LogP contribution in [0.25, 0.3) is 0 Å². The summed E-state index contributed by atoms with van der Waals surface area (Å²) in [7, 11) is 0. The number of carbonyl (C=O) groups is 1. The number of thiocarbonyl (C=S) groups is 1. The summed E-state index contributed by atoms with van der Waals surface area (Å²) in [5, 5.41) is 10.7. The molecule has 1 aliphatic heterocycles. The Kier molecular flexibility index (Phi) is 5.73. The van der Waals surface area contributed by atoms with Crippen LogP contribution < -0.4 is 16.0 Å². The number of nitrogens with one attached hydrogen (secondary N) is 3. The number of allylic oxidation sites excluding steroid dienone is 1. The Morgan fingerprint density at radius 3 is 2.54 bits per heavy atom. The van der Waals surface area contributed by atoms with Gasteiger partial charge in [-0.3, -0.25) is 4.79 Å². The van der Waals surface area contributed by atoms with Crippen LogP contribution in [0.3, 0.4) is 0 Å². The predicted octanol–water partition coefficient (Wildman–Crippen LogP) is 5.08. The topological polar surface area (TPSA) is 53.2 Å². The minimum atomic E-state index is -0.518. The van der Waals surface area contributed by atoms with Gasteiger partial charge in [0.2, 0.25) is 0 Å². The van der Waals surface area contributed by atoms with Crippen LogP contribution in [0.2, 0.25) is 15.1 Å². The molecule has 8 heteroatoms. The second-order valence-electron chi connectivity index (χ2n) is 5.67. The van der Waals surface area contributed by atoms with E-state index in [9.17, 15) is 4.79 Å². The quantitative estimate of drug-likeness (QED) is 0.599. The van der Waals surface area contributed by atoms with E-state index in [1.807, 2.05) is 0 Å². The van der Waals surface area contributed by atoms with E-state index in [2.05, 4.69) is 16.0 Å². The minimum Gasteiger partial charge on any atom is -0.351 e. The van der Waals surface area contributed by atoms with E-state index in [-0.39, 0.29) is 5.91 Å². The highest BCUT2D eigenvalue weighted by Gasteiger charge is 2.31. The molecule has 26 heavy (non-hydrogen) atoms. The Morgan fingerprint density at radius 2 is 1.85 bits per heavy atom. The van der Waals surface area contributed by atoms with Gasteiger partial charge in [-0.2, -0.15) is 0 Å². The molecule has 0 radical (unpaired) electrons. The minimum absolute atomic E-state index is 0.311. The van der Waals surface area contributed by atoms with Crippen molar-refractivity contribution < 1.29 is 4.79 Å². The molecule has 0 spiro atoms. The number of anilines is 1. The first-order chi connectivity index (χ1) is 12.4. The Labute approximate surface area is 171 Å². The molecule has 1 aliphatic rings. The lowest BCUT2D eigenvalue weighted by Crippen LogP contribution is -2.45. The summed E-state index contributed by atoms with van der Waals surface area (Å²) < 4.78 is 0. The van der Waals surface area contributed by atoms with Crippen LogP contribution in [-0.4, -0.2) is 11.0 Å². The molecule has 3 rings (SSSR count). The van der Waals surface area contributed by atoms with Crippen molar-refractivity contribution >= 4 is 63.7 Å². The standard InChI is InChI=1S/C18H14Cl3N3OS/c1-9-15(17(25)23-14-5-3-2-4-12(14)20)16(24-18(26)22-9)11-7-6-10(19)8-13(11)21/h2-8,16H,1H3,(H,23,25)(H2,22,24,26)/t16-/m0/s1. The molecule has 1 heterocycles. The molecule has 1 atom stereocenters. The molecule has 134 valence electrons. The van der Waals surface area contributed by atoms with Crippen LogP contribution in [0.15, 0.2) is 53.7 Å². The van der Waals surface area contributed by atoms with Crippen LogP contribution in [0.5, 0.6) is 0 Å². The molecule has 2 aromatic rings. The fourth-order valence-corrected chi connectivity index (χ4v) is 3.69. The summed E-state index contributed by atoms with van der Waals surface area (Å²) in [6, 6.07) is 11.6. The third kappa shape index (κ3) is 3.96. The van der Waals surface area contributed by atoms with E-state index in [1.54, 1.807) is 49.4 Å². The highest BCUT2D eigenvalue weighted by molar-refractivity contribution is 7.80. The van der Waals surface area contributed by atoms with Gasteiger partial charge in [0, 0.05) is 15.7 Å². The first-order valence-electron chi connectivity index (χ1n) is 7.66. The summed E-state index contributed by atoms with van der Waals surface area (Å²) in [5.41, 5.74) is 2.31. The van der Waals surface area contributed by atoms with Crippen molar-refractivity contribution in [3.8, 4) is 0 Å². The van der Waals surface area contributed by atoms with E-state index in [0.29, 0.717) is 42.7 Å². The van der Waals surface area contributed by atoms with Crippen LogP contribution in [0.1, 0.15) is 18.5 Å². The van der Waals surface area contributed by atoms with Gasteiger partial charge in [-0.05, 0) is 49.0 Å². The maximum absolute atomic E-state index is 13.0. The van der Waals surface area contributed by atoms with Gasteiger partial charge < -0.3 is 16.0 Å². The van der Waals surface area contributed by atoms with E-state index >= 15 is 0 Å². The van der Waals surface area contributed by atoms with Crippen LogP contribution in [-0.2, 0) is 4.79 Å². The molecule has 0 saturated heterocycles. The van der Waals surface area contributed by atoms with Crippen molar-refractivity contribution in [3.05, 3.63) is 74.4 Å². The maximum Gasteiger partial charge on any atom is 0.255 e. The Bertz CT molecular complexity index is 930. The van der Waals surface area contributed by atoms with Gasteiger partial charge in [-0.1, -0.05) is 53.0 Å². The first-order valence-corrected chi connectivity index (χ1v) is 9.20. The van der Waals surface area contributed by atoms with Crippen LogP contribution in [0, 0.1) is 0 Å². The van der Waals surface area contributed by atoms with Crippen molar-refractivity contribution in [1.29, 1.82) is 0 Å². The van der Waals surface area contributed by atoms with Crippen molar-refractivity contribution in [2.24, 2.45) is 0 Å². The molecule has 4 nitrogen and oxygen atoms in total. The molecule has 0 aromatic heterocycles. The third-order valence-corrected chi connectivity index (χ3v) is 5.02. The summed E-state index contributed by atoms with van der Waals surface area (Å²) in [6.45, 7) is 1.78. The number of para-hydroxylation sites is 1. The fraction of sp³-hybridized carbons (Fsp3) is 0.111. The molecule has 2 aromatic carbocycles. The SMILES string of the molecule is CC1=C(C(=O)Nc2ccccc2Cl)[C@H](c2ccc(Cl)cc2Cl)NC(=S)N1. The van der Waals surface area contributed by atoms with Crippen LogP contribution >= 0.6 is 47.0 Å². The van der Waals surface area contributed by atoms with Crippen molar-refractivity contribution in [2.45, 2.75) is 13.0 Å². The van der Waals surface area contributed by atoms with Crippen molar-refractivity contribution in [1.82, 2.24) is 10.6 Å². The van der Waals surface area contributed by atoms with E-state index in [1.165, 1.54) is 0 Å². The Hall–Kier alpha value is -1.79. The second-order valence-corrected chi connectivity index (χ2v) is 7.33. The first kappa shape index (κ1) is 19.0. The molecule has 0 bridgehead atoms. The Balaban J connectivity index is 2.00. The molecule has 0 fully saturated rings. The van der Waals surface area contributed by atoms with Crippen molar-refractivity contribution in [2.75, 3.05) is 5.32 Å². The summed E-state index contributed by atoms with van der Waals surface area (Å²) in [4.78, 5) is 13.0. The normalized spacial score (nSPS) is 16.8. The number of halogens is 3. The molecule has 0 aliphatic carbocycles.